The second-order valence-corrected chi connectivity index (χ2v) is 4.54. The molecular formula is C13H13F2N3O2. The number of ether oxygens (including phenoxy) is 1. The highest BCUT2D eigenvalue weighted by atomic mass is 19.3. The minimum atomic E-state index is -1.76. The van der Waals surface area contributed by atoms with E-state index < -0.39 is 12.0 Å². The van der Waals surface area contributed by atoms with E-state index in [0.717, 1.165) is 6.08 Å². The Kier molecular flexibility index (Phi) is 4.16. The molecule has 0 aromatic carbocycles. The van der Waals surface area contributed by atoms with Gasteiger partial charge in [0.1, 0.15) is 5.71 Å². The molecule has 2 aliphatic heterocycles. The first kappa shape index (κ1) is 14.2. The summed E-state index contributed by atoms with van der Waals surface area (Å²) in [5.74, 6) is -0.499. The molecule has 0 spiro atoms. The fourth-order valence-electron chi connectivity index (χ4n) is 1.75. The maximum Gasteiger partial charge on any atom is 0.353 e. The molecule has 2 aliphatic rings. The zero-order valence-corrected chi connectivity index (χ0v) is 11.1. The average molecular weight is 281 g/mol. The summed E-state index contributed by atoms with van der Waals surface area (Å²) in [6, 6.07) is 0. The van der Waals surface area contributed by atoms with Crippen LogP contribution < -0.4 is 0 Å². The summed E-state index contributed by atoms with van der Waals surface area (Å²) >= 11 is 0. The summed E-state index contributed by atoms with van der Waals surface area (Å²) < 4.78 is 29.2. The van der Waals surface area contributed by atoms with E-state index in [0.29, 0.717) is 17.0 Å². The molecule has 0 aromatic rings. The Hall–Kier alpha value is -2.18. The number of carbonyl (C=O) groups excluding carboxylic acids is 1. The zero-order chi connectivity index (χ0) is 14.7. The van der Waals surface area contributed by atoms with E-state index in [-0.39, 0.29) is 24.7 Å². The SMILES string of the molecule is CC(C)OC(=O)C1=NC=C2C(CC=C(F)F)=NN=C2C1. The first-order chi connectivity index (χ1) is 9.47. The molecule has 0 aliphatic carbocycles. The maximum absolute atomic E-state index is 12.1. The Bertz CT molecular complexity index is 582. The first-order valence-electron chi connectivity index (χ1n) is 6.10. The topological polar surface area (TPSA) is 63.4 Å². The van der Waals surface area contributed by atoms with E-state index in [1.807, 2.05) is 0 Å². The number of allylic oxidation sites excluding steroid dienone is 2. The molecule has 2 rings (SSSR count). The molecule has 0 aromatic heterocycles. The van der Waals surface area contributed by atoms with Gasteiger partial charge in [-0.05, 0) is 19.9 Å². The van der Waals surface area contributed by atoms with Gasteiger partial charge in [0, 0.05) is 24.6 Å². The quantitative estimate of drug-likeness (QED) is 0.744. The first-order valence-corrected chi connectivity index (χ1v) is 6.10. The Morgan fingerprint density at radius 1 is 1.45 bits per heavy atom. The van der Waals surface area contributed by atoms with Crippen molar-refractivity contribution >= 4 is 23.1 Å². The van der Waals surface area contributed by atoms with Gasteiger partial charge >= 0.3 is 5.97 Å². The van der Waals surface area contributed by atoms with Crippen LogP contribution in [-0.2, 0) is 9.53 Å². The normalized spacial score (nSPS) is 16.9. The van der Waals surface area contributed by atoms with Crippen molar-refractivity contribution in [3.05, 3.63) is 23.9 Å². The van der Waals surface area contributed by atoms with Gasteiger partial charge < -0.3 is 4.74 Å². The van der Waals surface area contributed by atoms with Crippen molar-refractivity contribution < 1.29 is 18.3 Å². The van der Waals surface area contributed by atoms with Gasteiger partial charge in [-0.15, -0.1) is 0 Å². The predicted molar refractivity (Wildman–Crippen MR) is 71.1 cm³/mol. The summed E-state index contributed by atoms with van der Waals surface area (Å²) in [6.07, 6.45) is 0.390. The predicted octanol–water partition coefficient (Wildman–Crippen LogP) is 2.65. The van der Waals surface area contributed by atoms with Crippen LogP contribution in [0, 0.1) is 0 Å². The lowest BCUT2D eigenvalue weighted by atomic mass is 9.98. The van der Waals surface area contributed by atoms with Crippen molar-refractivity contribution in [2.75, 3.05) is 0 Å². The molecule has 2 heterocycles. The van der Waals surface area contributed by atoms with Gasteiger partial charge in [0.15, 0.2) is 0 Å². The van der Waals surface area contributed by atoms with Crippen molar-refractivity contribution in [1.29, 1.82) is 0 Å². The van der Waals surface area contributed by atoms with Crippen molar-refractivity contribution in [2.24, 2.45) is 15.2 Å². The molecule has 0 radical (unpaired) electrons. The number of hydrogen-bond donors (Lipinski definition) is 0. The lowest BCUT2D eigenvalue weighted by molar-refractivity contribution is -0.139. The van der Waals surface area contributed by atoms with E-state index in [2.05, 4.69) is 15.2 Å². The highest BCUT2D eigenvalue weighted by Crippen LogP contribution is 2.21. The molecule has 0 saturated heterocycles. The van der Waals surface area contributed by atoms with Crippen LogP contribution in [-0.4, -0.2) is 29.2 Å². The Labute approximate surface area is 114 Å². The Morgan fingerprint density at radius 3 is 2.85 bits per heavy atom. The van der Waals surface area contributed by atoms with Crippen LogP contribution in [0.1, 0.15) is 26.7 Å². The van der Waals surface area contributed by atoms with Crippen LogP contribution >= 0.6 is 0 Å². The Balaban J connectivity index is 2.10. The fourth-order valence-corrected chi connectivity index (χ4v) is 1.75. The van der Waals surface area contributed by atoms with E-state index in [9.17, 15) is 13.6 Å². The molecular weight excluding hydrogens is 268 g/mol. The molecule has 0 saturated carbocycles. The van der Waals surface area contributed by atoms with Gasteiger partial charge in [0.25, 0.3) is 6.08 Å². The highest BCUT2D eigenvalue weighted by molar-refractivity contribution is 6.45. The van der Waals surface area contributed by atoms with Crippen molar-refractivity contribution in [1.82, 2.24) is 0 Å². The number of hydrogen-bond acceptors (Lipinski definition) is 5. The van der Waals surface area contributed by atoms with Gasteiger partial charge in [0.05, 0.1) is 17.5 Å². The molecule has 0 amide bonds. The molecule has 7 heteroatoms. The minimum Gasteiger partial charge on any atom is -0.458 e. The molecule has 20 heavy (non-hydrogen) atoms. The van der Waals surface area contributed by atoms with Crippen molar-refractivity contribution in [3.63, 3.8) is 0 Å². The van der Waals surface area contributed by atoms with Crippen LogP contribution in [0.2, 0.25) is 0 Å². The van der Waals surface area contributed by atoms with Gasteiger partial charge in [-0.1, -0.05) is 0 Å². The van der Waals surface area contributed by atoms with E-state index in [4.69, 9.17) is 4.74 Å². The number of halogens is 2. The lowest BCUT2D eigenvalue weighted by Gasteiger charge is -2.13. The number of carbonyl (C=O) groups is 1. The second-order valence-electron chi connectivity index (χ2n) is 4.54. The molecule has 0 atom stereocenters. The zero-order valence-electron chi connectivity index (χ0n) is 11.1. The standard InChI is InChI=1S/C13H13F2N3O2/c1-7(2)20-13(19)11-5-10-8(6-16-11)9(17-18-10)3-4-12(14)15/h4,6-7H,3,5H2,1-2H3. The smallest absolute Gasteiger partial charge is 0.353 e. The van der Waals surface area contributed by atoms with Crippen molar-refractivity contribution in [3.8, 4) is 0 Å². The third kappa shape index (κ3) is 3.23. The average Bonchev–Trinajstić information content (AvgIpc) is 2.77. The second kappa shape index (κ2) is 5.85. The Morgan fingerprint density at radius 2 is 2.20 bits per heavy atom. The van der Waals surface area contributed by atoms with Crippen LogP contribution in [0.25, 0.3) is 0 Å². The van der Waals surface area contributed by atoms with Crippen molar-refractivity contribution in [2.45, 2.75) is 32.8 Å². The third-order valence-corrected chi connectivity index (χ3v) is 2.63. The number of rotatable bonds is 4. The van der Waals surface area contributed by atoms with Crippen LogP contribution in [0.5, 0.6) is 0 Å². The highest BCUT2D eigenvalue weighted by Gasteiger charge is 2.27. The molecule has 5 nitrogen and oxygen atoms in total. The summed E-state index contributed by atoms with van der Waals surface area (Å²) in [6.45, 7) is 3.49. The number of esters is 1. The van der Waals surface area contributed by atoms with Crippen LogP contribution in [0.4, 0.5) is 8.78 Å². The molecule has 0 unspecified atom stereocenters. The summed E-state index contributed by atoms with van der Waals surface area (Å²) in [5.41, 5.74) is 1.82. The largest absolute Gasteiger partial charge is 0.458 e. The summed E-state index contributed by atoms with van der Waals surface area (Å²) in [5, 5.41) is 7.74. The molecule has 0 fully saturated rings. The van der Waals surface area contributed by atoms with Gasteiger partial charge in [-0.3, -0.25) is 4.99 Å². The monoisotopic (exact) mass is 281 g/mol. The van der Waals surface area contributed by atoms with E-state index >= 15 is 0 Å². The number of aliphatic imine (C=N–C) groups is 1. The summed E-state index contributed by atoms with van der Waals surface area (Å²) in [7, 11) is 0. The maximum atomic E-state index is 12.1. The lowest BCUT2D eigenvalue weighted by Crippen LogP contribution is -2.26. The van der Waals surface area contributed by atoms with E-state index in [1.54, 1.807) is 13.8 Å². The van der Waals surface area contributed by atoms with Gasteiger partial charge in [-0.2, -0.15) is 19.0 Å². The number of fused-ring (bicyclic) bond motifs is 1. The van der Waals surface area contributed by atoms with Gasteiger partial charge in [-0.25, -0.2) is 4.79 Å². The molecule has 0 bridgehead atoms. The number of nitrogens with zero attached hydrogens (tertiary/aromatic N) is 3. The molecule has 0 N–H and O–H groups in total. The fraction of sp³-hybridized carbons (Fsp3) is 0.385. The minimum absolute atomic E-state index is 0.0114. The van der Waals surface area contributed by atoms with Gasteiger partial charge in [0.2, 0.25) is 0 Å². The third-order valence-electron chi connectivity index (χ3n) is 2.63. The van der Waals surface area contributed by atoms with Crippen LogP contribution in [0.15, 0.2) is 39.1 Å². The summed E-state index contributed by atoms with van der Waals surface area (Å²) in [4.78, 5) is 15.7. The molecule has 106 valence electrons. The van der Waals surface area contributed by atoms with Crippen LogP contribution in [0.3, 0.4) is 0 Å². The van der Waals surface area contributed by atoms with E-state index in [1.165, 1.54) is 6.20 Å².